The molecule has 0 aromatic carbocycles. The zero-order valence-electron chi connectivity index (χ0n) is 9.66. The maximum Gasteiger partial charge on any atom is 0.229 e. The summed E-state index contributed by atoms with van der Waals surface area (Å²) in [5.41, 5.74) is 0.124. The number of hydrogen-bond donors (Lipinski definition) is 0. The lowest BCUT2D eigenvalue weighted by molar-refractivity contribution is -0.117. The van der Waals surface area contributed by atoms with Crippen LogP contribution in [0.1, 0.15) is 19.0 Å². The number of carbonyl (C=O) groups is 2. The van der Waals surface area contributed by atoms with Crippen LogP contribution in [0.15, 0.2) is 12.4 Å². The van der Waals surface area contributed by atoms with Gasteiger partial charge in [-0.2, -0.15) is 5.26 Å². The molecule has 1 amide bonds. The fourth-order valence-corrected chi connectivity index (χ4v) is 2.72. The minimum Gasteiger partial charge on any atom is -0.293 e. The Morgan fingerprint density at radius 3 is 2.94 bits per heavy atom. The highest BCUT2D eigenvalue weighted by molar-refractivity contribution is 8.14. The molecule has 2 rings (SSSR count). The van der Waals surface area contributed by atoms with E-state index in [9.17, 15) is 9.59 Å². The third kappa shape index (κ3) is 2.49. The molecule has 1 aliphatic rings. The molecule has 1 saturated heterocycles. The maximum atomic E-state index is 11.9. The Kier molecular flexibility index (Phi) is 3.58. The summed E-state index contributed by atoms with van der Waals surface area (Å²) in [6, 6.07) is 1.91. The van der Waals surface area contributed by atoms with Crippen molar-refractivity contribution in [3.63, 3.8) is 0 Å². The summed E-state index contributed by atoms with van der Waals surface area (Å²) < 4.78 is 0. The molecule has 0 bridgehead atoms. The average molecular weight is 262 g/mol. The van der Waals surface area contributed by atoms with Crippen LogP contribution in [-0.2, 0) is 9.59 Å². The van der Waals surface area contributed by atoms with Gasteiger partial charge in [0.2, 0.25) is 5.91 Å². The molecule has 2 heterocycles. The molecular weight excluding hydrogens is 252 g/mol. The number of nitrogens with zero attached hydrogens (tertiary/aromatic N) is 4. The van der Waals surface area contributed by atoms with E-state index in [0.717, 1.165) is 11.8 Å². The summed E-state index contributed by atoms with van der Waals surface area (Å²) >= 11 is 1.15. The number of anilines is 1. The van der Waals surface area contributed by atoms with Crippen LogP contribution in [0.25, 0.3) is 0 Å². The van der Waals surface area contributed by atoms with Crippen LogP contribution in [-0.4, -0.2) is 32.8 Å². The van der Waals surface area contributed by atoms with Crippen LogP contribution in [0.3, 0.4) is 0 Å². The molecule has 92 valence electrons. The van der Waals surface area contributed by atoms with Crippen LogP contribution in [0.2, 0.25) is 0 Å². The summed E-state index contributed by atoms with van der Waals surface area (Å²) in [7, 11) is 0. The normalized spacial score (nSPS) is 18.8. The Morgan fingerprint density at radius 1 is 1.56 bits per heavy atom. The van der Waals surface area contributed by atoms with E-state index < -0.39 is 0 Å². The van der Waals surface area contributed by atoms with Crippen LogP contribution in [0, 0.1) is 11.3 Å². The van der Waals surface area contributed by atoms with Gasteiger partial charge in [0, 0.05) is 37.5 Å². The first-order valence-electron chi connectivity index (χ1n) is 5.30. The van der Waals surface area contributed by atoms with Crippen LogP contribution < -0.4 is 4.90 Å². The first-order valence-corrected chi connectivity index (χ1v) is 6.18. The number of rotatable bonds is 2. The second-order valence-electron chi connectivity index (χ2n) is 3.78. The molecule has 6 nitrogen and oxygen atoms in total. The van der Waals surface area contributed by atoms with Crippen molar-refractivity contribution < 1.29 is 9.59 Å². The molecule has 1 aromatic rings. The molecular formula is C11H10N4O2S. The minimum atomic E-state index is -0.134. The predicted octanol–water partition coefficient (Wildman–Crippen LogP) is 0.733. The molecule has 7 heteroatoms. The SMILES string of the molecule is CC(=O)SC1CC(=O)N(c2nccnc2C#N)C1. The monoisotopic (exact) mass is 262 g/mol. The van der Waals surface area contributed by atoms with Crippen molar-refractivity contribution in [2.45, 2.75) is 18.6 Å². The van der Waals surface area contributed by atoms with Gasteiger partial charge in [-0.1, -0.05) is 11.8 Å². The minimum absolute atomic E-state index is 0.0192. The Morgan fingerprint density at radius 2 is 2.28 bits per heavy atom. The van der Waals surface area contributed by atoms with E-state index in [2.05, 4.69) is 9.97 Å². The highest BCUT2D eigenvalue weighted by atomic mass is 32.2. The van der Waals surface area contributed by atoms with Gasteiger partial charge in [0.1, 0.15) is 6.07 Å². The molecule has 0 spiro atoms. The highest BCUT2D eigenvalue weighted by Crippen LogP contribution is 2.28. The van der Waals surface area contributed by atoms with Crippen molar-refractivity contribution in [1.82, 2.24) is 9.97 Å². The molecule has 1 aliphatic heterocycles. The first-order chi connectivity index (χ1) is 8.61. The van der Waals surface area contributed by atoms with E-state index in [1.807, 2.05) is 6.07 Å². The molecule has 18 heavy (non-hydrogen) atoms. The lowest BCUT2D eigenvalue weighted by atomic mass is 10.4. The zero-order valence-corrected chi connectivity index (χ0v) is 10.5. The van der Waals surface area contributed by atoms with E-state index in [0.29, 0.717) is 6.54 Å². The van der Waals surface area contributed by atoms with Crippen LogP contribution >= 0.6 is 11.8 Å². The van der Waals surface area contributed by atoms with E-state index in [1.54, 1.807) is 0 Å². The smallest absolute Gasteiger partial charge is 0.229 e. The summed E-state index contributed by atoms with van der Waals surface area (Å²) in [6.07, 6.45) is 3.13. The fraction of sp³-hybridized carbons (Fsp3) is 0.364. The van der Waals surface area contributed by atoms with Crippen LogP contribution in [0.5, 0.6) is 0 Å². The second-order valence-corrected chi connectivity index (χ2v) is 5.26. The Bertz CT molecular complexity index is 540. The lowest BCUT2D eigenvalue weighted by Gasteiger charge is -2.15. The lowest BCUT2D eigenvalue weighted by Crippen LogP contribution is -2.27. The number of aromatic nitrogens is 2. The summed E-state index contributed by atoms with van der Waals surface area (Å²) in [4.78, 5) is 32.2. The number of thioether (sulfide) groups is 1. The molecule has 1 aromatic heterocycles. The second kappa shape index (κ2) is 5.14. The van der Waals surface area contributed by atoms with Crippen molar-refractivity contribution in [2.75, 3.05) is 11.4 Å². The predicted molar refractivity (Wildman–Crippen MR) is 65.8 cm³/mol. The van der Waals surface area contributed by atoms with Crippen molar-refractivity contribution in [3.8, 4) is 6.07 Å². The number of nitriles is 1. The molecule has 1 unspecified atom stereocenters. The third-order valence-electron chi connectivity index (χ3n) is 2.46. The largest absolute Gasteiger partial charge is 0.293 e. The van der Waals surface area contributed by atoms with E-state index >= 15 is 0 Å². The molecule has 1 atom stereocenters. The van der Waals surface area contributed by atoms with Gasteiger partial charge in [-0.05, 0) is 0 Å². The molecule has 0 aliphatic carbocycles. The van der Waals surface area contributed by atoms with Gasteiger partial charge in [0.25, 0.3) is 0 Å². The van der Waals surface area contributed by atoms with Gasteiger partial charge in [-0.3, -0.25) is 14.5 Å². The first kappa shape index (κ1) is 12.5. The highest BCUT2D eigenvalue weighted by Gasteiger charge is 2.34. The summed E-state index contributed by atoms with van der Waals surface area (Å²) in [5.74, 6) is 0.141. The molecule has 0 saturated carbocycles. The van der Waals surface area contributed by atoms with E-state index in [4.69, 9.17) is 5.26 Å². The van der Waals surface area contributed by atoms with Crippen molar-refractivity contribution >= 4 is 28.6 Å². The van der Waals surface area contributed by atoms with Gasteiger partial charge in [-0.25, -0.2) is 9.97 Å². The third-order valence-corrected chi connectivity index (χ3v) is 3.44. The summed E-state index contributed by atoms with van der Waals surface area (Å²) in [6.45, 7) is 1.86. The summed E-state index contributed by atoms with van der Waals surface area (Å²) in [5, 5.41) is 8.83. The van der Waals surface area contributed by atoms with E-state index in [-0.39, 0.29) is 34.2 Å². The number of hydrogen-bond acceptors (Lipinski definition) is 6. The van der Waals surface area contributed by atoms with Gasteiger partial charge in [0.15, 0.2) is 16.6 Å². The average Bonchev–Trinajstić information content (AvgIpc) is 2.69. The Hall–Kier alpha value is -1.94. The standard InChI is InChI=1S/C11H10N4O2S/c1-7(16)18-8-4-10(17)15(6-8)11-9(5-12)13-2-3-14-11/h2-3,8H,4,6H2,1H3. The van der Waals surface area contributed by atoms with Gasteiger partial charge < -0.3 is 0 Å². The molecule has 0 N–H and O–H groups in total. The van der Waals surface area contributed by atoms with Crippen molar-refractivity contribution in [2.24, 2.45) is 0 Å². The van der Waals surface area contributed by atoms with Crippen molar-refractivity contribution in [3.05, 3.63) is 18.1 Å². The maximum absolute atomic E-state index is 11.9. The zero-order chi connectivity index (χ0) is 13.1. The number of carbonyl (C=O) groups excluding carboxylic acids is 2. The van der Waals surface area contributed by atoms with Crippen molar-refractivity contribution in [1.29, 1.82) is 5.26 Å². The number of amides is 1. The van der Waals surface area contributed by atoms with E-state index in [1.165, 1.54) is 24.2 Å². The van der Waals surface area contributed by atoms with Gasteiger partial charge in [-0.15, -0.1) is 0 Å². The Labute approximate surface area is 108 Å². The van der Waals surface area contributed by atoms with Gasteiger partial charge in [0.05, 0.1) is 0 Å². The molecule has 0 radical (unpaired) electrons. The topological polar surface area (TPSA) is 87.0 Å². The Balaban J connectivity index is 2.22. The quantitative estimate of drug-likeness (QED) is 0.781. The fourth-order valence-electron chi connectivity index (χ4n) is 1.80. The van der Waals surface area contributed by atoms with Crippen LogP contribution in [0.4, 0.5) is 5.82 Å². The molecule has 1 fully saturated rings. The van der Waals surface area contributed by atoms with Gasteiger partial charge >= 0.3 is 0 Å².